The molecule has 0 aliphatic rings. The molecule has 3 aromatic rings. The van der Waals surface area contributed by atoms with E-state index in [1.165, 1.54) is 0 Å². The van der Waals surface area contributed by atoms with E-state index in [1.54, 1.807) is 0 Å². The van der Waals surface area contributed by atoms with Crippen LogP contribution in [-0.2, 0) is 0 Å². The second-order valence-electron chi connectivity index (χ2n) is 5.45. The number of rotatable bonds is 3. The fraction of sp³-hybridized carbons (Fsp3) is 0.333. The Kier molecular flexibility index (Phi) is 3.31. The van der Waals surface area contributed by atoms with Gasteiger partial charge in [0.1, 0.15) is 0 Å². The van der Waals surface area contributed by atoms with Crippen LogP contribution in [0.4, 0.5) is 0 Å². The van der Waals surface area contributed by atoms with Crippen molar-refractivity contribution in [3.05, 3.63) is 35.2 Å². The zero-order chi connectivity index (χ0) is 14.3. The molecule has 0 aliphatic heterocycles. The minimum atomic E-state index is 0.303. The number of aromatic nitrogens is 3. The van der Waals surface area contributed by atoms with E-state index in [-0.39, 0.29) is 0 Å². The molecular weight excluding hydrogens is 268 g/mol. The van der Waals surface area contributed by atoms with Crippen LogP contribution in [0.1, 0.15) is 13.0 Å². The van der Waals surface area contributed by atoms with Crippen LogP contribution in [0.3, 0.4) is 0 Å². The summed E-state index contributed by atoms with van der Waals surface area (Å²) in [6.45, 7) is 3.14. The third-order valence-electron chi connectivity index (χ3n) is 3.52. The molecule has 1 unspecified atom stereocenters. The predicted octanol–water partition coefficient (Wildman–Crippen LogP) is 3.37. The molecule has 1 aromatic carbocycles. The molecule has 1 N–H and O–H groups in total. The minimum Gasteiger partial charge on any atom is -0.329 e. The first-order valence-electron chi connectivity index (χ1n) is 6.70. The Hall–Kier alpha value is -1.72. The summed E-state index contributed by atoms with van der Waals surface area (Å²) < 4.78 is 2.96. The summed E-state index contributed by atoms with van der Waals surface area (Å²) in [6.07, 6.45) is 1.87. The molecule has 4 nitrogen and oxygen atoms in total. The third-order valence-corrected chi connectivity index (χ3v) is 3.82. The number of imidazole rings is 1. The van der Waals surface area contributed by atoms with E-state index in [0.29, 0.717) is 6.04 Å². The van der Waals surface area contributed by atoms with Gasteiger partial charge in [-0.2, -0.15) is 0 Å². The van der Waals surface area contributed by atoms with Gasteiger partial charge in [0.15, 0.2) is 4.77 Å². The normalized spacial score (nSPS) is 13.4. The smallest absolute Gasteiger partial charge is 0.178 e. The van der Waals surface area contributed by atoms with Gasteiger partial charge in [0.25, 0.3) is 0 Å². The minimum absolute atomic E-state index is 0.303. The monoisotopic (exact) mass is 286 g/mol. The number of pyridine rings is 1. The van der Waals surface area contributed by atoms with Gasteiger partial charge in [-0.05, 0) is 39.3 Å². The molecule has 2 aromatic heterocycles. The highest BCUT2D eigenvalue weighted by atomic mass is 32.1. The van der Waals surface area contributed by atoms with Gasteiger partial charge < -0.3 is 14.5 Å². The van der Waals surface area contributed by atoms with Crippen molar-refractivity contribution in [2.45, 2.75) is 13.0 Å². The van der Waals surface area contributed by atoms with Crippen LogP contribution in [0.2, 0.25) is 0 Å². The van der Waals surface area contributed by atoms with Crippen LogP contribution in [-0.4, -0.2) is 40.1 Å². The lowest BCUT2D eigenvalue weighted by Gasteiger charge is -2.19. The summed E-state index contributed by atoms with van der Waals surface area (Å²) >= 11 is 5.51. The van der Waals surface area contributed by atoms with E-state index in [1.807, 2.05) is 24.4 Å². The molecule has 0 bridgehead atoms. The third kappa shape index (κ3) is 2.13. The zero-order valence-electron chi connectivity index (χ0n) is 11.9. The zero-order valence-corrected chi connectivity index (χ0v) is 12.7. The quantitative estimate of drug-likeness (QED) is 0.750. The molecule has 0 radical (unpaired) electrons. The van der Waals surface area contributed by atoms with E-state index in [0.717, 1.165) is 33.3 Å². The summed E-state index contributed by atoms with van der Waals surface area (Å²) in [6, 6.07) is 8.49. The Morgan fingerprint density at radius 1 is 1.35 bits per heavy atom. The van der Waals surface area contributed by atoms with Crippen molar-refractivity contribution in [3.63, 3.8) is 0 Å². The van der Waals surface area contributed by atoms with Crippen molar-refractivity contribution in [2.75, 3.05) is 20.6 Å². The number of H-pyrrole nitrogens is 1. The Bertz CT molecular complexity index is 815. The standard InChI is InChI=1S/C15H18N4S/c1-10(9-18(2)3)19-14-11-6-4-5-7-12(11)16-8-13(14)17-15(19)20/h4-8,10H,9H2,1-3H3,(H,17,20). The molecule has 104 valence electrons. The summed E-state index contributed by atoms with van der Waals surface area (Å²) in [4.78, 5) is 9.93. The first-order chi connectivity index (χ1) is 9.58. The van der Waals surface area contributed by atoms with Gasteiger partial charge in [0.2, 0.25) is 0 Å². The number of hydrogen-bond donors (Lipinski definition) is 1. The van der Waals surface area contributed by atoms with Gasteiger partial charge in [0, 0.05) is 18.0 Å². The molecule has 0 spiro atoms. The summed E-state index contributed by atoms with van der Waals surface area (Å²) in [5.74, 6) is 0. The molecule has 1 atom stereocenters. The summed E-state index contributed by atoms with van der Waals surface area (Å²) in [5, 5.41) is 1.14. The molecule has 0 amide bonds. The Morgan fingerprint density at radius 2 is 2.10 bits per heavy atom. The SMILES string of the molecule is CC(CN(C)C)n1c(=S)[nH]c2cnc3ccccc3c21. The van der Waals surface area contributed by atoms with Crippen molar-refractivity contribution >= 4 is 34.2 Å². The lowest BCUT2D eigenvalue weighted by molar-refractivity contribution is 0.339. The number of fused-ring (bicyclic) bond motifs is 3. The summed E-state index contributed by atoms with van der Waals surface area (Å²) in [7, 11) is 4.16. The highest BCUT2D eigenvalue weighted by Crippen LogP contribution is 2.26. The second kappa shape index (κ2) is 5.00. The molecule has 2 heterocycles. The number of likely N-dealkylation sites (N-methyl/N-ethyl adjacent to an activating group) is 1. The van der Waals surface area contributed by atoms with E-state index in [2.05, 4.69) is 46.5 Å². The van der Waals surface area contributed by atoms with Crippen LogP contribution in [0.15, 0.2) is 30.5 Å². The maximum absolute atomic E-state index is 5.51. The van der Waals surface area contributed by atoms with Gasteiger partial charge in [0.05, 0.1) is 22.7 Å². The molecule has 0 saturated carbocycles. The molecule has 0 saturated heterocycles. The molecule has 0 fully saturated rings. The van der Waals surface area contributed by atoms with E-state index < -0.39 is 0 Å². The van der Waals surface area contributed by atoms with Gasteiger partial charge in [-0.15, -0.1) is 0 Å². The van der Waals surface area contributed by atoms with Gasteiger partial charge in [-0.3, -0.25) is 4.98 Å². The average Bonchev–Trinajstić information content (AvgIpc) is 2.74. The largest absolute Gasteiger partial charge is 0.329 e. The van der Waals surface area contributed by atoms with E-state index >= 15 is 0 Å². The van der Waals surface area contributed by atoms with E-state index in [4.69, 9.17) is 12.2 Å². The maximum atomic E-state index is 5.51. The fourth-order valence-corrected chi connectivity index (χ4v) is 3.17. The number of para-hydroxylation sites is 1. The molecule has 0 aliphatic carbocycles. The Balaban J connectivity index is 2.33. The maximum Gasteiger partial charge on any atom is 0.178 e. The number of nitrogens with zero attached hydrogens (tertiary/aromatic N) is 3. The fourth-order valence-electron chi connectivity index (χ4n) is 2.79. The van der Waals surface area contributed by atoms with Gasteiger partial charge >= 0.3 is 0 Å². The van der Waals surface area contributed by atoms with Crippen molar-refractivity contribution < 1.29 is 0 Å². The molecular formula is C15H18N4S. The number of nitrogens with one attached hydrogen (secondary N) is 1. The first kappa shape index (κ1) is 13.3. The summed E-state index contributed by atoms with van der Waals surface area (Å²) in [5.41, 5.74) is 3.15. The topological polar surface area (TPSA) is 36.9 Å². The number of hydrogen-bond acceptors (Lipinski definition) is 3. The Labute approximate surface area is 123 Å². The van der Waals surface area contributed by atoms with Crippen LogP contribution in [0, 0.1) is 4.77 Å². The van der Waals surface area contributed by atoms with Crippen LogP contribution >= 0.6 is 12.2 Å². The number of aromatic amines is 1. The average molecular weight is 286 g/mol. The lowest BCUT2D eigenvalue weighted by atomic mass is 10.2. The van der Waals surface area contributed by atoms with Crippen molar-refractivity contribution in [1.29, 1.82) is 0 Å². The first-order valence-corrected chi connectivity index (χ1v) is 7.11. The highest BCUT2D eigenvalue weighted by molar-refractivity contribution is 7.71. The van der Waals surface area contributed by atoms with Crippen LogP contribution < -0.4 is 0 Å². The van der Waals surface area contributed by atoms with Gasteiger partial charge in [-0.25, -0.2) is 0 Å². The predicted molar refractivity (Wildman–Crippen MR) is 85.7 cm³/mol. The van der Waals surface area contributed by atoms with Crippen LogP contribution in [0.5, 0.6) is 0 Å². The second-order valence-corrected chi connectivity index (χ2v) is 5.84. The molecule has 3 rings (SSSR count). The van der Waals surface area contributed by atoms with E-state index in [9.17, 15) is 0 Å². The van der Waals surface area contributed by atoms with Crippen molar-refractivity contribution in [1.82, 2.24) is 19.4 Å². The molecule has 5 heteroatoms. The molecule has 20 heavy (non-hydrogen) atoms. The van der Waals surface area contributed by atoms with Gasteiger partial charge in [-0.1, -0.05) is 18.2 Å². The Morgan fingerprint density at radius 3 is 2.85 bits per heavy atom. The highest BCUT2D eigenvalue weighted by Gasteiger charge is 2.14. The number of benzene rings is 1. The van der Waals surface area contributed by atoms with Crippen LogP contribution in [0.25, 0.3) is 21.9 Å². The lowest BCUT2D eigenvalue weighted by Crippen LogP contribution is -2.22. The van der Waals surface area contributed by atoms with Crippen molar-refractivity contribution in [3.8, 4) is 0 Å². The van der Waals surface area contributed by atoms with Crippen molar-refractivity contribution in [2.24, 2.45) is 0 Å².